The number of nitrogens with one attached hydrogen (secondary N) is 1. The number of anilines is 3. The number of piperazine rings is 1. The molecule has 1 aliphatic rings. The molecule has 0 aromatic heterocycles. The van der Waals surface area contributed by atoms with Crippen molar-refractivity contribution < 1.29 is 27.1 Å². The molecule has 0 atom stereocenters. The zero-order valence-corrected chi connectivity index (χ0v) is 18.2. The van der Waals surface area contributed by atoms with Crippen LogP contribution in [-0.4, -0.2) is 45.7 Å². The summed E-state index contributed by atoms with van der Waals surface area (Å²) in [6.45, 7) is 1.93. The van der Waals surface area contributed by atoms with Crippen LogP contribution in [0.4, 0.5) is 25.8 Å². The summed E-state index contributed by atoms with van der Waals surface area (Å²) >= 11 is 0. The van der Waals surface area contributed by atoms with E-state index in [1.54, 1.807) is 24.3 Å². The van der Waals surface area contributed by atoms with Crippen molar-refractivity contribution in [3.63, 3.8) is 0 Å². The number of carboxylic acid groups (broad SMARTS) is 1. The molecule has 33 heavy (non-hydrogen) atoms. The lowest BCUT2D eigenvalue weighted by atomic mass is 10.1. The van der Waals surface area contributed by atoms with Crippen molar-refractivity contribution in [2.24, 2.45) is 0 Å². The molecule has 172 valence electrons. The van der Waals surface area contributed by atoms with E-state index < -0.39 is 21.8 Å². The molecule has 3 aromatic carbocycles. The first-order valence-electron chi connectivity index (χ1n) is 10.1. The van der Waals surface area contributed by atoms with Crippen LogP contribution in [0.15, 0.2) is 71.6 Å². The van der Waals surface area contributed by atoms with Crippen molar-refractivity contribution in [3.05, 3.63) is 83.9 Å². The summed E-state index contributed by atoms with van der Waals surface area (Å²) in [7, 11) is -4.02. The van der Waals surface area contributed by atoms with Crippen molar-refractivity contribution in [2.45, 2.75) is 4.90 Å². The molecule has 10 heteroatoms. The van der Waals surface area contributed by atoms with Gasteiger partial charge in [-0.3, -0.25) is 4.72 Å². The van der Waals surface area contributed by atoms with E-state index in [9.17, 15) is 27.1 Å². The van der Waals surface area contributed by atoms with E-state index in [4.69, 9.17) is 0 Å². The van der Waals surface area contributed by atoms with Gasteiger partial charge >= 0.3 is 5.97 Å². The van der Waals surface area contributed by atoms with Crippen LogP contribution < -0.4 is 14.5 Å². The number of carbonyl (C=O) groups is 1. The van der Waals surface area contributed by atoms with E-state index >= 15 is 0 Å². The number of hydrogen-bond acceptors (Lipinski definition) is 5. The molecular formula is C23H21F2N3O4S. The molecule has 7 nitrogen and oxygen atoms in total. The largest absolute Gasteiger partial charge is 0.478 e. The minimum Gasteiger partial charge on any atom is -0.478 e. The lowest BCUT2D eigenvalue weighted by molar-refractivity contribution is 0.0697. The van der Waals surface area contributed by atoms with E-state index in [2.05, 4.69) is 4.72 Å². The van der Waals surface area contributed by atoms with Gasteiger partial charge in [0.15, 0.2) is 0 Å². The molecule has 0 radical (unpaired) electrons. The Morgan fingerprint density at radius 1 is 0.848 bits per heavy atom. The van der Waals surface area contributed by atoms with Crippen molar-refractivity contribution >= 4 is 33.1 Å². The van der Waals surface area contributed by atoms with Gasteiger partial charge in [-0.25, -0.2) is 22.0 Å². The fourth-order valence-corrected chi connectivity index (χ4v) is 4.82. The Morgan fingerprint density at radius 2 is 1.45 bits per heavy atom. The molecule has 2 N–H and O–H groups in total. The third kappa shape index (κ3) is 4.90. The van der Waals surface area contributed by atoms with Crippen LogP contribution in [0.25, 0.3) is 0 Å². The summed E-state index contributed by atoms with van der Waals surface area (Å²) < 4.78 is 54.6. The monoisotopic (exact) mass is 473 g/mol. The predicted molar refractivity (Wildman–Crippen MR) is 121 cm³/mol. The highest BCUT2D eigenvalue weighted by molar-refractivity contribution is 7.92. The number of carboxylic acids is 1. The van der Waals surface area contributed by atoms with E-state index in [1.807, 2.05) is 9.80 Å². The van der Waals surface area contributed by atoms with Crippen LogP contribution in [0, 0.1) is 11.6 Å². The lowest BCUT2D eigenvalue weighted by Gasteiger charge is -2.38. The highest BCUT2D eigenvalue weighted by Crippen LogP contribution is 2.28. The Kier molecular flexibility index (Phi) is 6.19. The van der Waals surface area contributed by atoms with Crippen LogP contribution in [0.1, 0.15) is 10.4 Å². The minimum atomic E-state index is -4.02. The number of halogens is 2. The quantitative estimate of drug-likeness (QED) is 0.566. The van der Waals surface area contributed by atoms with Crippen LogP contribution in [0.2, 0.25) is 0 Å². The second-order valence-electron chi connectivity index (χ2n) is 7.52. The molecule has 3 aromatic rings. The first-order chi connectivity index (χ1) is 15.7. The molecule has 0 spiro atoms. The van der Waals surface area contributed by atoms with Gasteiger partial charge in [0.25, 0.3) is 10.0 Å². The summed E-state index contributed by atoms with van der Waals surface area (Å²) in [5.74, 6) is -2.08. The first-order valence-corrected chi connectivity index (χ1v) is 11.6. The molecule has 0 bridgehead atoms. The van der Waals surface area contributed by atoms with Gasteiger partial charge in [0.1, 0.15) is 11.6 Å². The van der Waals surface area contributed by atoms with Crippen LogP contribution in [0.5, 0.6) is 0 Å². The van der Waals surface area contributed by atoms with Crippen molar-refractivity contribution in [1.82, 2.24) is 0 Å². The fourth-order valence-electron chi connectivity index (χ4n) is 3.77. The smallest absolute Gasteiger partial charge is 0.337 e. The Labute approximate surface area is 189 Å². The Bertz CT molecular complexity index is 1280. The van der Waals surface area contributed by atoms with Gasteiger partial charge in [0.2, 0.25) is 0 Å². The second-order valence-corrected chi connectivity index (χ2v) is 9.20. The van der Waals surface area contributed by atoms with Gasteiger partial charge < -0.3 is 14.9 Å². The van der Waals surface area contributed by atoms with Gasteiger partial charge in [0.05, 0.1) is 21.8 Å². The van der Waals surface area contributed by atoms with Crippen LogP contribution >= 0.6 is 0 Å². The molecule has 1 fully saturated rings. The maximum atomic E-state index is 14.1. The van der Waals surface area contributed by atoms with Gasteiger partial charge in [-0.15, -0.1) is 0 Å². The Balaban J connectivity index is 1.53. The highest BCUT2D eigenvalue weighted by atomic mass is 32.2. The maximum absolute atomic E-state index is 14.1. The first kappa shape index (κ1) is 22.5. The Hall–Kier alpha value is -3.66. The molecule has 0 aliphatic carbocycles. The summed E-state index contributed by atoms with van der Waals surface area (Å²) in [6.07, 6.45) is 0. The number of nitrogens with zero attached hydrogens (tertiary/aromatic N) is 2. The average molecular weight is 474 g/mol. The molecule has 1 saturated heterocycles. The SMILES string of the molecule is O=C(O)c1cc(NS(=O)(=O)c2ccc(F)cc2)ccc1N1CCN(c2ccccc2F)CC1. The van der Waals surface area contributed by atoms with Crippen molar-refractivity contribution in [2.75, 3.05) is 40.7 Å². The number of benzene rings is 3. The molecular weight excluding hydrogens is 452 g/mol. The zero-order chi connectivity index (χ0) is 23.6. The number of sulfonamides is 1. The predicted octanol–water partition coefficient (Wildman–Crippen LogP) is 3.79. The molecule has 4 rings (SSSR count). The van der Waals surface area contributed by atoms with Crippen LogP contribution in [0.3, 0.4) is 0 Å². The standard InChI is InChI=1S/C23H21F2N3O4S/c24-16-5-8-18(9-6-16)33(31,32)26-17-7-10-21(19(15-17)23(29)30)27-11-13-28(14-12-27)22-4-2-1-3-20(22)25/h1-10,15,26H,11-14H2,(H,29,30). The topological polar surface area (TPSA) is 89.9 Å². The number of rotatable bonds is 6. The minimum absolute atomic E-state index is 0.0614. The van der Waals surface area contributed by atoms with E-state index in [-0.39, 0.29) is 22.0 Å². The third-order valence-electron chi connectivity index (χ3n) is 5.42. The van der Waals surface area contributed by atoms with E-state index in [0.29, 0.717) is 37.6 Å². The van der Waals surface area contributed by atoms with Gasteiger partial charge in [0, 0.05) is 31.9 Å². The number of hydrogen-bond donors (Lipinski definition) is 2. The van der Waals surface area contributed by atoms with Gasteiger partial charge in [-0.05, 0) is 54.6 Å². The zero-order valence-electron chi connectivity index (χ0n) is 17.4. The number of para-hydroxylation sites is 1. The summed E-state index contributed by atoms with van der Waals surface area (Å²) in [6, 6.07) is 15.1. The highest BCUT2D eigenvalue weighted by Gasteiger charge is 2.24. The molecule has 1 heterocycles. The van der Waals surface area contributed by atoms with E-state index in [1.165, 1.54) is 18.2 Å². The Morgan fingerprint density at radius 3 is 2.06 bits per heavy atom. The van der Waals surface area contributed by atoms with Gasteiger partial charge in [-0.2, -0.15) is 0 Å². The third-order valence-corrected chi connectivity index (χ3v) is 6.81. The summed E-state index contributed by atoms with van der Waals surface area (Å²) in [5, 5.41) is 9.73. The molecule has 0 saturated carbocycles. The molecule has 1 aliphatic heterocycles. The van der Waals surface area contributed by atoms with Crippen molar-refractivity contribution in [3.8, 4) is 0 Å². The summed E-state index contributed by atoms with van der Waals surface area (Å²) in [5.41, 5.74) is 0.959. The van der Waals surface area contributed by atoms with E-state index in [0.717, 1.165) is 24.3 Å². The lowest BCUT2D eigenvalue weighted by Crippen LogP contribution is -2.47. The fraction of sp³-hybridized carbons (Fsp3) is 0.174. The average Bonchev–Trinajstić information content (AvgIpc) is 2.79. The second kappa shape index (κ2) is 9.07. The van der Waals surface area contributed by atoms with Crippen molar-refractivity contribution in [1.29, 1.82) is 0 Å². The van der Waals surface area contributed by atoms with Crippen LogP contribution in [-0.2, 0) is 10.0 Å². The maximum Gasteiger partial charge on any atom is 0.337 e. The normalized spacial score (nSPS) is 14.2. The molecule has 0 unspecified atom stereocenters. The molecule has 0 amide bonds. The van der Waals surface area contributed by atoms with Gasteiger partial charge in [-0.1, -0.05) is 12.1 Å². The number of aromatic carboxylic acids is 1. The summed E-state index contributed by atoms with van der Waals surface area (Å²) in [4.78, 5) is 15.5.